The summed E-state index contributed by atoms with van der Waals surface area (Å²) in [4.78, 5) is 7.79. The minimum absolute atomic E-state index is 0.453. The zero-order valence-corrected chi connectivity index (χ0v) is 12.1. The fourth-order valence-corrected chi connectivity index (χ4v) is 3.20. The lowest BCUT2D eigenvalue weighted by Gasteiger charge is -2.40. The molecular weight excluding hydrogens is 224 g/mol. The summed E-state index contributed by atoms with van der Waals surface area (Å²) in [7, 11) is 0. The van der Waals surface area contributed by atoms with Gasteiger partial charge in [0.1, 0.15) is 0 Å². The summed E-state index contributed by atoms with van der Waals surface area (Å²) in [5, 5.41) is 0. The predicted molar refractivity (Wildman–Crippen MR) is 76.8 cm³/mol. The molecule has 18 heavy (non-hydrogen) atoms. The molecule has 0 amide bonds. The van der Waals surface area contributed by atoms with Crippen LogP contribution in [0.4, 0.5) is 0 Å². The molecule has 1 unspecified atom stereocenters. The first-order valence-corrected chi connectivity index (χ1v) is 7.63. The molecule has 0 aromatic carbocycles. The van der Waals surface area contributed by atoms with Crippen LogP contribution in [0.25, 0.3) is 0 Å². The molecule has 2 saturated heterocycles. The van der Waals surface area contributed by atoms with Gasteiger partial charge < -0.3 is 10.6 Å². The Morgan fingerprint density at radius 2 is 1.67 bits per heavy atom. The average Bonchev–Trinajstić information content (AvgIpc) is 2.38. The van der Waals surface area contributed by atoms with Gasteiger partial charge in [-0.05, 0) is 39.4 Å². The van der Waals surface area contributed by atoms with Crippen molar-refractivity contribution >= 4 is 0 Å². The van der Waals surface area contributed by atoms with E-state index < -0.39 is 0 Å². The Morgan fingerprint density at radius 1 is 1.00 bits per heavy atom. The van der Waals surface area contributed by atoms with E-state index in [0.29, 0.717) is 6.04 Å². The van der Waals surface area contributed by atoms with Gasteiger partial charge in [0.15, 0.2) is 0 Å². The molecule has 2 N–H and O–H groups in total. The van der Waals surface area contributed by atoms with E-state index in [1.165, 1.54) is 65.2 Å². The lowest BCUT2D eigenvalue weighted by Crippen LogP contribution is -2.53. The first-order chi connectivity index (χ1) is 8.69. The number of piperidine rings is 1. The van der Waals surface area contributed by atoms with E-state index in [0.717, 1.165) is 6.04 Å². The normalized spacial score (nSPS) is 29.8. The van der Waals surface area contributed by atoms with Crippen LogP contribution in [0.3, 0.4) is 0 Å². The molecule has 2 heterocycles. The van der Waals surface area contributed by atoms with Crippen LogP contribution in [0.5, 0.6) is 0 Å². The second-order valence-electron chi connectivity index (χ2n) is 5.96. The summed E-state index contributed by atoms with van der Waals surface area (Å²) in [5.74, 6) is 0. The third-order valence-electron chi connectivity index (χ3n) is 4.62. The Kier molecular flexibility index (Phi) is 5.42. The van der Waals surface area contributed by atoms with Crippen molar-refractivity contribution in [3.8, 4) is 0 Å². The van der Waals surface area contributed by atoms with Crippen LogP contribution in [-0.2, 0) is 0 Å². The maximum atomic E-state index is 5.94. The fourth-order valence-electron chi connectivity index (χ4n) is 3.20. The molecule has 0 radical (unpaired) electrons. The van der Waals surface area contributed by atoms with Crippen molar-refractivity contribution in [1.82, 2.24) is 14.7 Å². The molecule has 106 valence electrons. The molecule has 0 aliphatic carbocycles. The largest absolute Gasteiger partial charge is 0.328 e. The van der Waals surface area contributed by atoms with Crippen molar-refractivity contribution in [2.75, 3.05) is 52.4 Å². The molecule has 0 aromatic rings. The Balaban J connectivity index is 1.65. The van der Waals surface area contributed by atoms with Gasteiger partial charge in [-0.2, -0.15) is 0 Å². The molecule has 2 aliphatic heterocycles. The summed E-state index contributed by atoms with van der Waals surface area (Å²) in [5.41, 5.74) is 5.94. The number of nitrogens with zero attached hydrogens (tertiary/aromatic N) is 3. The fraction of sp³-hybridized carbons (Fsp3) is 1.00. The van der Waals surface area contributed by atoms with Gasteiger partial charge in [0.2, 0.25) is 0 Å². The molecule has 0 aromatic heterocycles. The standard InChI is InChI=1S/C14H30N4/c1-3-18-11-10-17(12-13(18)2)9-8-16-6-4-14(15)5-7-16/h13-14H,3-12,15H2,1-2H3. The molecule has 0 bridgehead atoms. The maximum absolute atomic E-state index is 5.94. The quantitative estimate of drug-likeness (QED) is 0.789. The van der Waals surface area contributed by atoms with E-state index in [9.17, 15) is 0 Å². The number of hydrogen-bond acceptors (Lipinski definition) is 4. The highest BCUT2D eigenvalue weighted by atomic mass is 15.3. The summed E-state index contributed by atoms with van der Waals surface area (Å²) in [6.45, 7) is 14.4. The summed E-state index contributed by atoms with van der Waals surface area (Å²) >= 11 is 0. The second kappa shape index (κ2) is 6.85. The Bertz CT molecular complexity index is 238. The van der Waals surface area contributed by atoms with Crippen LogP contribution in [0.15, 0.2) is 0 Å². The summed E-state index contributed by atoms with van der Waals surface area (Å²) < 4.78 is 0. The molecule has 2 aliphatic rings. The van der Waals surface area contributed by atoms with Crippen LogP contribution in [0.1, 0.15) is 26.7 Å². The number of piperazine rings is 1. The number of rotatable bonds is 4. The van der Waals surface area contributed by atoms with Gasteiger partial charge >= 0.3 is 0 Å². The summed E-state index contributed by atoms with van der Waals surface area (Å²) in [6.07, 6.45) is 2.36. The van der Waals surface area contributed by atoms with Crippen molar-refractivity contribution in [3.05, 3.63) is 0 Å². The Morgan fingerprint density at radius 3 is 2.28 bits per heavy atom. The SMILES string of the molecule is CCN1CCN(CCN2CCC(N)CC2)CC1C. The van der Waals surface area contributed by atoms with E-state index >= 15 is 0 Å². The van der Waals surface area contributed by atoms with Crippen LogP contribution in [-0.4, -0.2) is 79.1 Å². The van der Waals surface area contributed by atoms with Crippen molar-refractivity contribution in [1.29, 1.82) is 0 Å². The molecule has 4 heteroatoms. The molecule has 0 spiro atoms. The van der Waals surface area contributed by atoms with Crippen LogP contribution >= 0.6 is 0 Å². The molecule has 2 rings (SSSR count). The monoisotopic (exact) mass is 254 g/mol. The number of hydrogen-bond donors (Lipinski definition) is 1. The lowest BCUT2D eigenvalue weighted by molar-refractivity contribution is 0.0766. The van der Waals surface area contributed by atoms with E-state index in [1.807, 2.05) is 0 Å². The maximum Gasteiger partial charge on any atom is 0.0195 e. The van der Waals surface area contributed by atoms with Gasteiger partial charge in [-0.25, -0.2) is 0 Å². The van der Waals surface area contributed by atoms with E-state index in [1.54, 1.807) is 0 Å². The Labute approximate surface area is 112 Å². The van der Waals surface area contributed by atoms with Gasteiger partial charge in [-0.1, -0.05) is 6.92 Å². The van der Waals surface area contributed by atoms with Crippen LogP contribution in [0.2, 0.25) is 0 Å². The molecule has 0 saturated carbocycles. The van der Waals surface area contributed by atoms with Crippen molar-refractivity contribution in [2.24, 2.45) is 5.73 Å². The van der Waals surface area contributed by atoms with Crippen LogP contribution < -0.4 is 5.73 Å². The first-order valence-electron chi connectivity index (χ1n) is 7.63. The number of nitrogens with two attached hydrogens (primary N) is 1. The number of likely N-dealkylation sites (N-methyl/N-ethyl adjacent to an activating group) is 1. The smallest absolute Gasteiger partial charge is 0.0195 e. The molecule has 4 nitrogen and oxygen atoms in total. The highest BCUT2D eigenvalue weighted by Gasteiger charge is 2.23. The number of likely N-dealkylation sites (tertiary alicyclic amines) is 1. The second-order valence-corrected chi connectivity index (χ2v) is 5.96. The van der Waals surface area contributed by atoms with Gasteiger partial charge in [0.25, 0.3) is 0 Å². The minimum atomic E-state index is 0.453. The van der Waals surface area contributed by atoms with Gasteiger partial charge in [0.05, 0.1) is 0 Å². The van der Waals surface area contributed by atoms with Crippen molar-refractivity contribution < 1.29 is 0 Å². The molecular formula is C14H30N4. The van der Waals surface area contributed by atoms with E-state index in [4.69, 9.17) is 5.73 Å². The highest BCUT2D eigenvalue weighted by molar-refractivity contribution is 4.80. The zero-order chi connectivity index (χ0) is 13.0. The topological polar surface area (TPSA) is 35.7 Å². The zero-order valence-electron chi connectivity index (χ0n) is 12.1. The van der Waals surface area contributed by atoms with Crippen molar-refractivity contribution in [3.63, 3.8) is 0 Å². The predicted octanol–water partition coefficient (Wildman–Crippen LogP) is 0.436. The average molecular weight is 254 g/mol. The van der Waals surface area contributed by atoms with Crippen molar-refractivity contribution in [2.45, 2.75) is 38.8 Å². The summed E-state index contributed by atoms with van der Waals surface area (Å²) in [6, 6.07) is 1.17. The lowest BCUT2D eigenvalue weighted by atomic mass is 10.1. The Hall–Kier alpha value is -0.160. The third kappa shape index (κ3) is 3.92. The first kappa shape index (κ1) is 14.3. The molecule has 2 fully saturated rings. The van der Waals surface area contributed by atoms with Crippen LogP contribution in [0, 0.1) is 0 Å². The van der Waals surface area contributed by atoms with Gasteiger partial charge in [0, 0.05) is 44.8 Å². The van der Waals surface area contributed by atoms with E-state index in [2.05, 4.69) is 28.5 Å². The van der Waals surface area contributed by atoms with E-state index in [-0.39, 0.29) is 0 Å². The minimum Gasteiger partial charge on any atom is -0.328 e. The van der Waals surface area contributed by atoms with Gasteiger partial charge in [-0.3, -0.25) is 9.80 Å². The van der Waals surface area contributed by atoms with Gasteiger partial charge in [-0.15, -0.1) is 0 Å². The third-order valence-corrected chi connectivity index (χ3v) is 4.62. The molecule has 1 atom stereocenters. The highest BCUT2D eigenvalue weighted by Crippen LogP contribution is 2.11.